The first-order chi connectivity index (χ1) is 9.22. The minimum atomic E-state index is -0.507. The molecule has 1 atom stereocenters. The normalized spacial score (nSPS) is 11.4. The minimum Gasteiger partial charge on any atom is -0.294 e. The van der Waals surface area contributed by atoms with Crippen molar-refractivity contribution in [2.75, 3.05) is 19.6 Å². The molecule has 6 nitrogen and oxygen atoms in total. The van der Waals surface area contributed by atoms with Gasteiger partial charge in [-0.25, -0.2) is 5.84 Å². The summed E-state index contributed by atoms with van der Waals surface area (Å²) >= 11 is 0. The lowest BCUT2D eigenvalue weighted by Crippen LogP contribution is -2.40. The third-order valence-electron chi connectivity index (χ3n) is 2.69. The lowest BCUT2D eigenvalue weighted by atomic mass is 9.97. The highest BCUT2D eigenvalue weighted by molar-refractivity contribution is 5.83. The summed E-state index contributed by atoms with van der Waals surface area (Å²) in [6, 6.07) is 13.1. The van der Waals surface area contributed by atoms with Crippen LogP contribution < -0.4 is 11.3 Å². The molecule has 3 N–H and O–H groups in total. The van der Waals surface area contributed by atoms with E-state index in [1.807, 2.05) is 42.5 Å². The summed E-state index contributed by atoms with van der Waals surface area (Å²) in [7, 11) is 0. The van der Waals surface area contributed by atoms with E-state index in [9.17, 15) is 4.79 Å². The van der Waals surface area contributed by atoms with E-state index in [1.165, 1.54) is 0 Å². The standard InChI is InChI=1S/C13H15N5O/c14-6-8-18(9-7-15)10-12(13(19)17-16)11-4-2-1-3-5-11/h1-5,12H,8-10,16H2,(H,17,19). The van der Waals surface area contributed by atoms with Crippen LogP contribution in [-0.4, -0.2) is 30.4 Å². The maximum atomic E-state index is 11.8. The van der Waals surface area contributed by atoms with Gasteiger partial charge in [0.05, 0.1) is 31.1 Å². The molecule has 0 aliphatic heterocycles. The average Bonchev–Trinajstić information content (AvgIpc) is 2.45. The molecular formula is C13H15N5O. The summed E-state index contributed by atoms with van der Waals surface area (Å²) in [6.07, 6.45) is 0. The zero-order chi connectivity index (χ0) is 14.1. The van der Waals surface area contributed by atoms with Gasteiger partial charge in [0.2, 0.25) is 5.91 Å². The molecule has 1 rings (SSSR count). The van der Waals surface area contributed by atoms with Crippen molar-refractivity contribution >= 4 is 5.91 Å². The number of benzene rings is 1. The highest BCUT2D eigenvalue weighted by atomic mass is 16.2. The Labute approximate surface area is 112 Å². The molecule has 0 fully saturated rings. The molecule has 0 heterocycles. The van der Waals surface area contributed by atoms with Gasteiger partial charge in [0.1, 0.15) is 0 Å². The third-order valence-corrected chi connectivity index (χ3v) is 2.69. The van der Waals surface area contributed by atoms with Gasteiger partial charge in [0.25, 0.3) is 0 Å². The maximum absolute atomic E-state index is 11.8. The van der Waals surface area contributed by atoms with Crippen molar-refractivity contribution in [2.45, 2.75) is 5.92 Å². The lowest BCUT2D eigenvalue weighted by molar-refractivity contribution is -0.123. The number of rotatable bonds is 6. The Balaban J connectivity index is 2.90. The van der Waals surface area contributed by atoms with E-state index in [4.69, 9.17) is 16.4 Å². The van der Waals surface area contributed by atoms with Gasteiger partial charge in [0, 0.05) is 6.54 Å². The van der Waals surface area contributed by atoms with E-state index in [1.54, 1.807) is 4.90 Å². The molecule has 0 saturated carbocycles. The molecule has 0 spiro atoms. The molecule has 0 aliphatic rings. The second-order valence-corrected chi connectivity index (χ2v) is 3.96. The maximum Gasteiger partial charge on any atom is 0.242 e. The van der Waals surface area contributed by atoms with Crippen LogP contribution in [0.3, 0.4) is 0 Å². The van der Waals surface area contributed by atoms with Gasteiger partial charge in [-0.15, -0.1) is 0 Å². The summed E-state index contributed by atoms with van der Waals surface area (Å²) in [4.78, 5) is 13.4. The number of carbonyl (C=O) groups is 1. The quantitative estimate of drug-likeness (QED) is 0.325. The largest absolute Gasteiger partial charge is 0.294 e. The van der Waals surface area contributed by atoms with Gasteiger partial charge in [-0.05, 0) is 5.56 Å². The Bertz CT molecular complexity index is 472. The first-order valence-corrected chi connectivity index (χ1v) is 5.74. The number of nitrogens with one attached hydrogen (secondary N) is 1. The van der Waals surface area contributed by atoms with E-state index in [0.29, 0.717) is 0 Å². The summed E-state index contributed by atoms with van der Waals surface area (Å²) in [5.41, 5.74) is 2.92. The van der Waals surface area contributed by atoms with Gasteiger partial charge < -0.3 is 0 Å². The van der Waals surface area contributed by atoms with E-state index in [0.717, 1.165) is 5.56 Å². The number of hydrogen-bond acceptors (Lipinski definition) is 5. The number of carbonyl (C=O) groups excluding carboxylic acids is 1. The number of amides is 1. The Morgan fingerprint density at radius 1 is 1.26 bits per heavy atom. The molecule has 6 heteroatoms. The molecule has 0 bridgehead atoms. The van der Waals surface area contributed by atoms with Crippen LogP contribution in [0, 0.1) is 22.7 Å². The Kier molecular flexibility index (Phi) is 6.04. The first-order valence-electron chi connectivity index (χ1n) is 5.74. The molecule has 0 radical (unpaired) electrons. The Morgan fingerprint density at radius 3 is 2.32 bits per heavy atom. The van der Waals surface area contributed by atoms with Crippen LogP contribution in [0.4, 0.5) is 0 Å². The van der Waals surface area contributed by atoms with Crippen LogP contribution in [0.25, 0.3) is 0 Å². The van der Waals surface area contributed by atoms with Gasteiger partial charge in [-0.2, -0.15) is 10.5 Å². The smallest absolute Gasteiger partial charge is 0.242 e. The summed E-state index contributed by atoms with van der Waals surface area (Å²) in [5.74, 6) is 4.34. The number of nitriles is 2. The lowest BCUT2D eigenvalue weighted by Gasteiger charge is -2.22. The molecule has 0 aromatic heterocycles. The summed E-state index contributed by atoms with van der Waals surface area (Å²) in [6.45, 7) is 0.456. The fraction of sp³-hybridized carbons (Fsp3) is 0.308. The molecule has 1 amide bonds. The Hall–Kier alpha value is -2.41. The van der Waals surface area contributed by atoms with Gasteiger partial charge >= 0.3 is 0 Å². The van der Waals surface area contributed by atoms with Crippen LogP contribution in [0.5, 0.6) is 0 Å². The molecule has 0 saturated heterocycles. The van der Waals surface area contributed by atoms with Gasteiger partial charge in [0.15, 0.2) is 0 Å². The number of hydrogen-bond donors (Lipinski definition) is 2. The molecule has 1 unspecified atom stereocenters. The zero-order valence-electron chi connectivity index (χ0n) is 10.4. The zero-order valence-corrected chi connectivity index (χ0v) is 10.4. The number of hydrazine groups is 1. The highest BCUT2D eigenvalue weighted by Crippen LogP contribution is 2.17. The SMILES string of the molecule is N#CCN(CC#N)CC(C(=O)NN)c1ccccc1. The predicted molar refractivity (Wildman–Crippen MR) is 69.2 cm³/mol. The van der Waals surface area contributed by atoms with E-state index < -0.39 is 5.92 Å². The van der Waals surface area contributed by atoms with Crippen molar-refractivity contribution in [3.05, 3.63) is 35.9 Å². The van der Waals surface area contributed by atoms with E-state index in [-0.39, 0.29) is 25.5 Å². The molecule has 19 heavy (non-hydrogen) atoms. The monoisotopic (exact) mass is 257 g/mol. The minimum absolute atomic E-state index is 0.0920. The van der Waals surface area contributed by atoms with Crippen LogP contribution >= 0.6 is 0 Å². The summed E-state index contributed by atoms with van der Waals surface area (Å²) in [5, 5.41) is 17.4. The second-order valence-electron chi connectivity index (χ2n) is 3.96. The number of nitrogens with zero attached hydrogens (tertiary/aromatic N) is 3. The van der Waals surface area contributed by atoms with Crippen molar-refractivity contribution in [1.29, 1.82) is 10.5 Å². The van der Waals surface area contributed by atoms with Crippen LogP contribution in [0.15, 0.2) is 30.3 Å². The number of nitrogens with two attached hydrogens (primary N) is 1. The topological polar surface area (TPSA) is 106 Å². The van der Waals surface area contributed by atoms with Crippen molar-refractivity contribution in [3.8, 4) is 12.1 Å². The van der Waals surface area contributed by atoms with Gasteiger partial charge in [-0.1, -0.05) is 30.3 Å². The Morgan fingerprint density at radius 2 is 1.84 bits per heavy atom. The first kappa shape index (κ1) is 14.7. The fourth-order valence-corrected chi connectivity index (χ4v) is 1.77. The van der Waals surface area contributed by atoms with Crippen LogP contribution in [0.1, 0.15) is 11.5 Å². The third kappa shape index (κ3) is 4.40. The van der Waals surface area contributed by atoms with E-state index >= 15 is 0 Å². The second kappa shape index (κ2) is 7.83. The van der Waals surface area contributed by atoms with E-state index in [2.05, 4.69) is 5.43 Å². The summed E-state index contributed by atoms with van der Waals surface area (Å²) < 4.78 is 0. The average molecular weight is 257 g/mol. The van der Waals surface area contributed by atoms with Crippen molar-refractivity contribution in [1.82, 2.24) is 10.3 Å². The van der Waals surface area contributed by atoms with Crippen molar-refractivity contribution in [3.63, 3.8) is 0 Å². The molecule has 0 aliphatic carbocycles. The van der Waals surface area contributed by atoms with Crippen LogP contribution in [-0.2, 0) is 4.79 Å². The fourth-order valence-electron chi connectivity index (χ4n) is 1.77. The molecule has 1 aromatic rings. The predicted octanol–water partition coefficient (Wildman–Crippen LogP) is 0.109. The van der Waals surface area contributed by atoms with Gasteiger partial charge in [-0.3, -0.25) is 15.1 Å². The molecule has 1 aromatic carbocycles. The van der Waals surface area contributed by atoms with Crippen molar-refractivity contribution in [2.24, 2.45) is 5.84 Å². The highest BCUT2D eigenvalue weighted by Gasteiger charge is 2.22. The van der Waals surface area contributed by atoms with Crippen LogP contribution in [0.2, 0.25) is 0 Å². The van der Waals surface area contributed by atoms with Crippen molar-refractivity contribution < 1.29 is 4.79 Å². The molecular weight excluding hydrogens is 242 g/mol. The molecule has 98 valence electrons.